The first-order valence-electron chi connectivity index (χ1n) is 14.6. The van der Waals surface area contributed by atoms with Crippen LogP contribution in [0.2, 0.25) is 0 Å². The number of hydrogen-bond donors (Lipinski definition) is 1. The monoisotopic (exact) mass is 663 g/mol. The Morgan fingerprint density at radius 3 is 2.28 bits per heavy atom. The van der Waals surface area contributed by atoms with Crippen LogP contribution >= 0.6 is 23.1 Å². The van der Waals surface area contributed by atoms with Gasteiger partial charge in [-0.05, 0) is 65.6 Å². The first-order valence-corrected chi connectivity index (χ1v) is 16.4. The fourth-order valence-electron chi connectivity index (χ4n) is 5.14. The van der Waals surface area contributed by atoms with Crippen molar-refractivity contribution in [2.75, 3.05) is 12.0 Å². The van der Waals surface area contributed by atoms with E-state index in [-0.39, 0.29) is 16.5 Å². The number of amides is 1. The molecule has 1 aliphatic heterocycles. The second-order valence-corrected chi connectivity index (χ2v) is 12.8. The molecule has 9 nitrogen and oxygen atoms in total. The average molecular weight is 664 g/mol. The molecule has 1 amide bonds. The van der Waals surface area contributed by atoms with E-state index in [0.717, 1.165) is 16.7 Å². The van der Waals surface area contributed by atoms with E-state index in [1.807, 2.05) is 61.5 Å². The van der Waals surface area contributed by atoms with Gasteiger partial charge in [-0.3, -0.25) is 14.5 Å². The lowest BCUT2D eigenvalue weighted by Gasteiger charge is -2.22. The van der Waals surface area contributed by atoms with E-state index in [2.05, 4.69) is 10.2 Å². The van der Waals surface area contributed by atoms with Crippen LogP contribution < -0.4 is 9.64 Å². The van der Waals surface area contributed by atoms with E-state index in [1.165, 1.54) is 35.1 Å². The quantitative estimate of drug-likeness (QED) is 0.0416. The summed E-state index contributed by atoms with van der Waals surface area (Å²) in [6.45, 7) is 2.39. The highest BCUT2D eigenvalue weighted by Crippen LogP contribution is 2.44. The number of hydrogen-bond acceptors (Lipinski definition) is 10. The Morgan fingerprint density at radius 2 is 1.57 bits per heavy atom. The van der Waals surface area contributed by atoms with Crippen LogP contribution in [-0.2, 0) is 26.7 Å². The molecule has 1 saturated heterocycles. The van der Waals surface area contributed by atoms with E-state index in [1.54, 1.807) is 48.5 Å². The van der Waals surface area contributed by atoms with Crippen molar-refractivity contribution in [2.45, 2.75) is 29.7 Å². The number of carbonyl (C=O) groups is 3. The van der Waals surface area contributed by atoms with E-state index < -0.39 is 23.7 Å². The number of methoxy groups -OCH3 is 1. The minimum absolute atomic E-state index is 0.108. The number of ketones is 1. The molecule has 1 unspecified atom stereocenters. The molecule has 11 heteroatoms. The first-order chi connectivity index (χ1) is 22.8. The molecular formula is C36H29N3O6S2. The summed E-state index contributed by atoms with van der Waals surface area (Å²) >= 11 is 2.65. The molecule has 1 N–H and O–H groups in total. The summed E-state index contributed by atoms with van der Waals surface area (Å²) in [6.07, 6.45) is 0. The van der Waals surface area contributed by atoms with Crippen LogP contribution in [0.4, 0.5) is 5.13 Å². The molecule has 47 heavy (non-hydrogen) atoms. The van der Waals surface area contributed by atoms with Gasteiger partial charge in [-0.2, -0.15) is 0 Å². The number of aryl methyl sites for hydroxylation is 1. The van der Waals surface area contributed by atoms with Gasteiger partial charge >= 0.3 is 11.9 Å². The molecule has 1 aromatic heterocycles. The fourth-order valence-corrected chi connectivity index (χ4v) is 6.96. The smallest absolute Gasteiger partial charge is 0.337 e. The molecule has 6 rings (SSSR count). The van der Waals surface area contributed by atoms with Crippen LogP contribution in [0.15, 0.2) is 113 Å². The maximum absolute atomic E-state index is 13.6. The number of ether oxygens (including phenoxy) is 2. The number of rotatable bonds is 10. The highest BCUT2D eigenvalue weighted by atomic mass is 32.2. The molecule has 4 aromatic carbocycles. The lowest BCUT2D eigenvalue weighted by atomic mass is 9.94. The standard InChI is InChI=1S/C36H29N3O6S2/c1-22-8-6-7-11-27(22)20-45-28-18-16-25(17-19-28)31(40)29-30(24-12-14-26(15-13-24)34(43)44-2)39(33(42)32(29)41)35-37-38-36(47-35)46-21-23-9-4-3-5-10-23/h3-19,30,40H,20-21H2,1-2H3. The Labute approximate surface area is 279 Å². The normalized spacial score (nSPS) is 15.5. The number of aliphatic hydroxyl groups is 1. The summed E-state index contributed by atoms with van der Waals surface area (Å²) in [6, 6.07) is 29.8. The van der Waals surface area contributed by atoms with Gasteiger partial charge in [0.25, 0.3) is 5.78 Å². The summed E-state index contributed by atoms with van der Waals surface area (Å²) in [4.78, 5) is 40.6. The number of aliphatic hydroxyl groups excluding tert-OH is 1. The van der Waals surface area contributed by atoms with Gasteiger partial charge < -0.3 is 14.6 Å². The second kappa shape index (κ2) is 14.0. The zero-order valence-electron chi connectivity index (χ0n) is 25.5. The maximum atomic E-state index is 13.6. The molecule has 1 atom stereocenters. The van der Waals surface area contributed by atoms with Crippen molar-refractivity contribution in [3.63, 3.8) is 0 Å². The summed E-state index contributed by atoms with van der Waals surface area (Å²) in [5, 5.41) is 20.3. The molecular weight excluding hydrogens is 635 g/mol. The van der Waals surface area contributed by atoms with Crippen LogP contribution in [0.3, 0.4) is 0 Å². The van der Waals surface area contributed by atoms with Crippen molar-refractivity contribution >= 4 is 51.6 Å². The molecule has 2 heterocycles. The van der Waals surface area contributed by atoms with Crippen molar-refractivity contribution in [3.05, 3.63) is 142 Å². The number of benzene rings is 4. The number of esters is 1. The Bertz CT molecular complexity index is 1960. The Kier molecular flexibility index (Phi) is 9.46. The van der Waals surface area contributed by atoms with Gasteiger partial charge in [-0.15, -0.1) is 10.2 Å². The maximum Gasteiger partial charge on any atom is 0.337 e. The third-order valence-corrected chi connectivity index (χ3v) is 9.81. The zero-order chi connectivity index (χ0) is 32.9. The lowest BCUT2D eigenvalue weighted by molar-refractivity contribution is -0.132. The number of aromatic nitrogens is 2. The zero-order valence-corrected chi connectivity index (χ0v) is 27.1. The Morgan fingerprint density at radius 1 is 0.894 bits per heavy atom. The van der Waals surface area contributed by atoms with Crippen molar-refractivity contribution < 1.29 is 29.0 Å². The Hall–Kier alpha value is -5.26. The molecule has 0 saturated carbocycles. The molecule has 0 radical (unpaired) electrons. The van der Waals surface area contributed by atoms with Gasteiger partial charge in [0.1, 0.15) is 18.1 Å². The Balaban J connectivity index is 1.33. The van der Waals surface area contributed by atoms with E-state index >= 15 is 0 Å². The topological polar surface area (TPSA) is 119 Å². The predicted octanol–water partition coefficient (Wildman–Crippen LogP) is 7.13. The second-order valence-electron chi connectivity index (χ2n) is 10.6. The molecule has 0 spiro atoms. The highest BCUT2D eigenvalue weighted by Gasteiger charge is 2.48. The van der Waals surface area contributed by atoms with Crippen molar-refractivity contribution in [2.24, 2.45) is 0 Å². The van der Waals surface area contributed by atoms with Crippen LogP contribution in [0.5, 0.6) is 5.75 Å². The van der Waals surface area contributed by atoms with Gasteiger partial charge in [0.2, 0.25) is 5.13 Å². The third kappa shape index (κ3) is 6.81. The van der Waals surface area contributed by atoms with Crippen molar-refractivity contribution in [3.8, 4) is 5.75 Å². The molecule has 0 bridgehead atoms. The number of carbonyl (C=O) groups excluding carboxylic acids is 3. The SMILES string of the molecule is COC(=O)c1ccc(C2C(=C(O)c3ccc(OCc4ccccc4C)cc3)C(=O)C(=O)N2c2nnc(SCc3ccccc3)s2)cc1. The summed E-state index contributed by atoms with van der Waals surface area (Å²) < 4.78 is 11.4. The van der Waals surface area contributed by atoms with E-state index in [0.29, 0.717) is 39.1 Å². The van der Waals surface area contributed by atoms with Crippen molar-refractivity contribution in [1.82, 2.24) is 10.2 Å². The highest BCUT2D eigenvalue weighted by molar-refractivity contribution is 8.00. The summed E-state index contributed by atoms with van der Waals surface area (Å²) in [7, 11) is 1.28. The first kappa shape index (κ1) is 31.7. The van der Waals surface area contributed by atoms with Gasteiger partial charge in [-0.1, -0.05) is 89.8 Å². The van der Waals surface area contributed by atoms with Crippen LogP contribution in [0, 0.1) is 6.92 Å². The van der Waals surface area contributed by atoms with Gasteiger partial charge in [-0.25, -0.2) is 4.79 Å². The van der Waals surface area contributed by atoms with Crippen LogP contribution in [0.1, 0.15) is 44.2 Å². The largest absolute Gasteiger partial charge is 0.507 e. The lowest BCUT2D eigenvalue weighted by Crippen LogP contribution is -2.29. The van der Waals surface area contributed by atoms with E-state index in [4.69, 9.17) is 9.47 Å². The van der Waals surface area contributed by atoms with Gasteiger partial charge in [0.15, 0.2) is 4.34 Å². The van der Waals surface area contributed by atoms with Gasteiger partial charge in [0.05, 0.1) is 24.3 Å². The van der Waals surface area contributed by atoms with Crippen LogP contribution in [0.25, 0.3) is 5.76 Å². The fraction of sp³-hybridized carbons (Fsp3) is 0.139. The van der Waals surface area contributed by atoms with Crippen LogP contribution in [-0.4, -0.2) is 40.1 Å². The molecule has 1 fully saturated rings. The summed E-state index contributed by atoms with van der Waals surface area (Å²) in [5.41, 5.74) is 4.28. The van der Waals surface area contributed by atoms with E-state index in [9.17, 15) is 19.5 Å². The molecule has 1 aliphatic rings. The molecule has 5 aromatic rings. The number of anilines is 1. The minimum atomic E-state index is -1.03. The number of nitrogens with zero attached hydrogens (tertiary/aromatic N) is 3. The number of thioether (sulfide) groups is 1. The minimum Gasteiger partial charge on any atom is -0.507 e. The molecule has 236 valence electrons. The average Bonchev–Trinajstić information content (AvgIpc) is 3.68. The summed E-state index contributed by atoms with van der Waals surface area (Å²) in [5.74, 6) is -1.35. The third-order valence-electron chi connectivity index (χ3n) is 7.68. The molecule has 0 aliphatic carbocycles. The predicted molar refractivity (Wildman–Crippen MR) is 180 cm³/mol. The number of Topliss-reactive ketones (excluding diaryl/α,β-unsaturated/α-hetero) is 1. The van der Waals surface area contributed by atoms with Gasteiger partial charge in [0, 0.05) is 11.3 Å². The van der Waals surface area contributed by atoms with Crippen molar-refractivity contribution in [1.29, 1.82) is 0 Å².